The minimum atomic E-state index is 0.854. The Morgan fingerprint density at radius 3 is 2.78 bits per heavy atom. The second kappa shape index (κ2) is 6.93. The summed E-state index contributed by atoms with van der Waals surface area (Å²) >= 11 is 0. The van der Waals surface area contributed by atoms with Gasteiger partial charge in [-0.25, -0.2) is 4.98 Å². The van der Waals surface area contributed by atoms with E-state index in [1.165, 1.54) is 44.5 Å². The molecule has 1 fully saturated rings. The molecule has 0 aromatic carbocycles. The number of aryl methyl sites for hydroxylation is 1. The van der Waals surface area contributed by atoms with Crippen LogP contribution in [-0.4, -0.2) is 22.6 Å². The SMILES string of the molecule is CCCNCC1CCC1Cc1nccn1CCC. The van der Waals surface area contributed by atoms with Crippen LogP contribution < -0.4 is 5.32 Å². The summed E-state index contributed by atoms with van der Waals surface area (Å²) in [6.45, 7) is 7.93. The molecule has 1 aromatic heterocycles. The summed E-state index contributed by atoms with van der Waals surface area (Å²) in [5.74, 6) is 3.03. The van der Waals surface area contributed by atoms with E-state index in [1.807, 2.05) is 6.20 Å². The van der Waals surface area contributed by atoms with E-state index in [0.29, 0.717) is 0 Å². The molecule has 3 heteroatoms. The fourth-order valence-electron chi connectivity index (χ4n) is 2.85. The topological polar surface area (TPSA) is 29.9 Å². The lowest BCUT2D eigenvalue weighted by Crippen LogP contribution is -2.37. The third-order valence-electron chi connectivity index (χ3n) is 4.12. The molecule has 0 saturated heterocycles. The summed E-state index contributed by atoms with van der Waals surface area (Å²) in [5.41, 5.74) is 0. The summed E-state index contributed by atoms with van der Waals surface area (Å²) in [6.07, 6.45) is 10.5. The molecule has 1 aromatic rings. The molecule has 0 radical (unpaired) electrons. The second-order valence-corrected chi connectivity index (χ2v) is 5.54. The Bertz CT molecular complexity index is 345. The zero-order chi connectivity index (χ0) is 12.8. The first-order valence-corrected chi connectivity index (χ1v) is 7.55. The van der Waals surface area contributed by atoms with E-state index in [0.717, 1.165) is 24.9 Å². The fraction of sp³-hybridized carbons (Fsp3) is 0.800. The molecule has 1 heterocycles. The van der Waals surface area contributed by atoms with Gasteiger partial charge in [0.15, 0.2) is 0 Å². The van der Waals surface area contributed by atoms with Crippen LogP contribution in [0.1, 0.15) is 45.4 Å². The Morgan fingerprint density at radius 2 is 2.11 bits per heavy atom. The molecule has 1 aliphatic carbocycles. The Morgan fingerprint density at radius 1 is 1.28 bits per heavy atom. The van der Waals surface area contributed by atoms with Crippen molar-refractivity contribution in [1.29, 1.82) is 0 Å². The zero-order valence-corrected chi connectivity index (χ0v) is 11.9. The van der Waals surface area contributed by atoms with Gasteiger partial charge < -0.3 is 9.88 Å². The molecule has 2 atom stereocenters. The fourth-order valence-corrected chi connectivity index (χ4v) is 2.85. The Kier molecular flexibility index (Phi) is 5.24. The van der Waals surface area contributed by atoms with E-state index in [-0.39, 0.29) is 0 Å². The summed E-state index contributed by atoms with van der Waals surface area (Å²) < 4.78 is 2.33. The molecule has 0 amide bonds. The Labute approximate surface area is 111 Å². The standard InChI is InChI=1S/C15H27N3/c1-3-7-16-12-14-6-5-13(14)11-15-17-8-10-18(15)9-4-2/h8,10,13-14,16H,3-7,9,11-12H2,1-2H3. The van der Waals surface area contributed by atoms with Crippen molar-refractivity contribution in [3.63, 3.8) is 0 Å². The van der Waals surface area contributed by atoms with Crippen LogP contribution >= 0.6 is 0 Å². The highest BCUT2D eigenvalue weighted by Crippen LogP contribution is 2.36. The predicted octanol–water partition coefficient (Wildman–Crippen LogP) is 2.86. The van der Waals surface area contributed by atoms with Gasteiger partial charge in [-0.15, -0.1) is 0 Å². The van der Waals surface area contributed by atoms with Crippen LogP contribution in [0.5, 0.6) is 0 Å². The van der Waals surface area contributed by atoms with E-state index in [1.54, 1.807) is 0 Å². The molecular formula is C15H27N3. The average molecular weight is 249 g/mol. The van der Waals surface area contributed by atoms with Crippen LogP contribution in [0.3, 0.4) is 0 Å². The van der Waals surface area contributed by atoms with Crippen LogP contribution in [0.2, 0.25) is 0 Å². The van der Waals surface area contributed by atoms with Crippen molar-refractivity contribution in [3.8, 4) is 0 Å². The smallest absolute Gasteiger partial charge is 0.108 e. The van der Waals surface area contributed by atoms with Crippen molar-refractivity contribution < 1.29 is 0 Å². The van der Waals surface area contributed by atoms with Crippen LogP contribution in [0, 0.1) is 11.8 Å². The lowest BCUT2D eigenvalue weighted by molar-refractivity contribution is 0.167. The first-order chi connectivity index (χ1) is 8.85. The maximum absolute atomic E-state index is 4.53. The Hall–Kier alpha value is -0.830. The van der Waals surface area contributed by atoms with Gasteiger partial charge in [0.05, 0.1) is 0 Å². The number of imidazole rings is 1. The zero-order valence-electron chi connectivity index (χ0n) is 11.9. The molecule has 0 bridgehead atoms. The number of aromatic nitrogens is 2. The quantitative estimate of drug-likeness (QED) is 0.718. The number of nitrogens with zero attached hydrogens (tertiary/aromatic N) is 2. The number of hydrogen-bond acceptors (Lipinski definition) is 2. The van der Waals surface area contributed by atoms with E-state index >= 15 is 0 Å². The second-order valence-electron chi connectivity index (χ2n) is 5.54. The number of rotatable bonds is 8. The summed E-state index contributed by atoms with van der Waals surface area (Å²) in [7, 11) is 0. The predicted molar refractivity (Wildman–Crippen MR) is 75.6 cm³/mol. The van der Waals surface area contributed by atoms with Crippen LogP contribution in [0.4, 0.5) is 0 Å². The van der Waals surface area contributed by atoms with Crippen LogP contribution in [0.15, 0.2) is 12.4 Å². The molecule has 102 valence electrons. The van der Waals surface area contributed by atoms with Gasteiger partial charge in [0.1, 0.15) is 5.82 Å². The molecule has 1 aliphatic rings. The summed E-state index contributed by atoms with van der Waals surface area (Å²) in [5, 5.41) is 3.56. The van der Waals surface area contributed by atoms with Gasteiger partial charge in [0, 0.05) is 25.4 Å². The van der Waals surface area contributed by atoms with E-state index in [9.17, 15) is 0 Å². The first-order valence-electron chi connectivity index (χ1n) is 7.55. The normalized spacial score (nSPS) is 23.0. The molecule has 18 heavy (non-hydrogen) atoms. The molecular weight excluding hydrogens is 222 g/mol. The highest BCUT2D eigenvalue weighted by molar-refractivity contribution is 4.97. The number of hydrogen-bond donors (Lipinski definition) is 1. The van der Waals surface area contributed by atoms with Gasteiger partial charge >= 0.3 is 0 Å². The van der Waals surface area contributed by atoms with Crippen molar-refractivity contribution in [2.45, 2.75) is 52.5 Å². The van der Waals surface area contributed by atoms with Gasteiger partial charge in [-0.05, 0) is 50.6 Å². The average Bonchev–Trinajstić information content (AvgIpc) is 2.78. The maximum atomic E-state index is 4.53. The van der Waals surface area contributed by atoms with Gasteiger partial charge in [-0.1, -0.05) is 13.8 Å². The summed E-state index contributed by atoms with van der Waals surface area (Å²) in [6, 6.07) is 0. The van der Waals surface area contributed by atoms with Crippen molar-refractivity contribution in [2.24, 2.45) is 11.8 Å². The van der Waals surface area contributed by atoms with Crippen molar-refractivity contribution in [2.75, 3.05) is 13.1 Å². The van der Waals surface area contributed by atoms with E-state index in [4.69, 9.17) is 0 Å². The Balaban J connectivity index is 1.80. The van der Waals surface area contributed by atoms with E-state index < -0.39 is 0 Å². The molecule has 0 spiro atoms. The molecule has 2 rings (SSSR count). The largest absolute Gasteiger partial charge is 0.335 e. The lowest BCUT2D eigenvalue weighted by Gasteiger charge is -2.37. The molecule has 2 unspecified atom stereocenters. The maximum Gasteiger partial charge on any atom is 0.108 e. The van der Waals surface area contributed by atoms with E-state index in [2.05, 4.69) is 34.9 Å². The van der Waals surface area contributed by atoms with Crippen LogP contribution in [0.25, 0.3) is 0 Å². The van der Waals surface area contributed by atoms with Gasteiger partial charge in [-0.2, -0.15) is 0 Å². The minimum absolute atomic E-state index is 0.854. The van der Waals surface area contributed by atoms with Crippen molar-refractivity contribution in [3.05, 3.63) is 18.2 Å². The highest BCUT2D eigenvalue weighted by atomic mass is 15.1. The third kappa shape index (κ3) is 3.35. The van der Waals surface area contributed by atoms with Crippen LogP contribution in [-0.2, 0) is 13.0 Å². The minimum Gasteiger partial charge on any atom is -0.335 e. The molecule has 3 nitrogen and oxygen atoms in total. The third-order valence-corrected chi connectivity index (χ3v) is 4.12. The molecule has 1 N–H and O–H groups in total. The van der Waals surface area contributed by atoms with Crippen molar-refractivity contribution >= 4 is 0 Å². The molecule has 0 aliphatic heterocycles. The summed E-state index contributed by atoms with van der Waals surface area (Å²) in [4.78, 5) is 4.53. The first kappa shape index (κ1) is 13.6. The van der Waals surface area contributed by atoms with Gasteiger partial charge in [0.2, 0.25) is 0 Å². The van der Waals surface area contributed by atoms with Gasteiger partial charge in [-0.3, -0.25) is 0 Å². The highest BCUT2D eigenvalue weighted by Gasteiger charge is 2.31. The monoisotopic (exact) mass is 249 g/mol. The number of nitrogens with one attached hydrogen (secondary N) is 1. The lowest BCUT2D eigenvalue weighted by atomic mass is 9.71. The molecule has 1 saturated carbocycles. The van der Waals surface area contributed by atoms with Crippen molar-refractivity contribution in [1.82, 2.24) is 14.9 Å². The van der Waals surface area contributed by atoms with Gasteiger partial charge in [0.25, 0.3) is 0 Å².